The van der Waals surface area contributed by atoms with E-state index in [9.17, 15) is 0 Å². The summed E-state index contributed by atoms with van der Waals surface area (Å²) < 4.78 is 0. The first-order chi connectivity index (χ1) is 5.65. The van der Waals surface area contributed by atoms with E-state index in [0.29, 0.717) is 5.56 Å². The van der Waals surface area contributed by atoms with Gasteiger partial charge in [0.25, 0.3) is 0 Å². The Morgan fingerprint density at radius 1 is 1.33 bits per heavy atom. The highest BCUT2D eigenvalue weighted by molar-refractivity contribution is 6.37. The van der Waals surface area contributed by atoms with E-state index < -0.39 is 0 Å². The molecular formula is C8H5Cl2NO. The van der Waals surface area contributed by atoms with Crippen LogP contribution >= 0.6 is 23.2 Å². The van der Waals surface area contributed by atoms with Crippen LogP contribution in [0.1, 0.15) is 5.56 Å². The second-order valence-corrected chi connectivity index (χ2v) is 3.06. The van der Waals surface area contributed by atoms with Crippen molar-refractivity contribution < 1.29 is 5.11 Å². The average molecular weight is 202 g/mol. The number of halogens is 2. The predicted molar refractivity (Wildman–Crippen MR) is 47.4 cm³/mol. The summed E-state index contributed by atoms with van der Waals surface area (Å²) in [5, 5.41) is 17.9. The smallest absolute Gasteiger partial charge is 0.152 e. The molecule has 0 aliphatic heterocycles. The number of phenols is 1. The Kier molecular flexibility index (Phi) is 2.80. The van der Waals surface area contributed by atoms with Crippen LogP contribution in [0.5, 0.6) is 5.75 Å². The first-order valence-corrected chi connectivity index (χ1v) is 3.94. The van der Waals surface area contributed by atoms with Crippen LogP contribution < -0.4 is 0 Å². The van der Waals surface area contributed by atoms with E-state index in [4.69, 9.17) is 33.6 Å². The Hall–Kier alpha value is -0.910. The van der Waals surface area contributed by atoms with Gasteiger partial charge in [0.2, 0.25) is 0 Å². The summed E-state index contributed by atoms with van der Waals surface area (Å²) in [6.07, 6.45) is 0.236. The third-order valence-corrected chi connectivity index (χ3v) is 1.94. The van der Waals surface area contributed by atoms with Crippen molar-refractivity contribution in [3.63, 3.8) is 0 Å². The van der Waals surface area contributed by atoms with Gasteiger partial charge in [-0.1, -0.05) is 23.2 Å². The Morgan fingerprint density at radius 3 is 2.25 bits per heavy atom. The van der Waals surface area contributed by atoms with E-state index in [1.807, 2.05) is 6.07 Å². The Morgan fingerprint density at radius 2 is 1.83 bits per heavy atom. The Bertz CT molecular complexity index is 320. The van der Waals surface area contributed by atoms with Crippen LogP contribution in [0.4, 0.5) is 0 Å². The number of nitrogens with zero attached hydrogens (tertiary/aromatic N) is 1. The lowest BCUT2D eigenvalue weighted by Crippen LogP contribution is -1.82. The monoisotopic (exact) mass is 201 g/mol. The summed E-state index contributed by atoms with van der Waals surface area (Å²) in [4.78, 5) is 0. The minimum absolute atomic E-state index is 0.139. The molecule has 2 nitrogen and oxygen atoms in total. The molecule has 1 aromatic carbocycles. The maximum atomic E-state index is 9.15. The lowest BCUT2D eigenvalue weighted by atomic mass is 10.1. The molecule has 12 heavy (non-hydrogen) atoms. The third kappa shape index (κ3) is 1.82. The van der Waals surface area contributed by atoms with E-state index in [-0.39, 0.29) is 22.2 Å². The van der Waals surface area contributed by atoms with Crippen LogP contribution in [0.25, 0.3) is 0 Å². The predicted octanol–water partition coefficient (Wildman–Crippen LogP) is 2.77. The van der Waals surface area contributed by atoms with Crippen LogP contribution in [-0.2, 0) is 6.42 Å². The van der Waals surface area contributed by atoms with E-state index in [0.717, 1.165) is 0 Å². The van der Waals surface area contributed by atoms with Crippen LogP contribution in [0.3, 0.4) is 0 Å². The van der Waals surface area contributed by atoms with E-state index >= 15 is 0 Å². The average Bonchev–Trinajstić information content (AvgIpc) is 2.01. The summed E-state index contributed by atoms with van der Waals surface area (Å²) in [5.41, 5.74) is 0.699. The van der Waals surface area contributed by atoms with Crippen molar-refractivity contribution in [2.24, 2.45) is 0 Å². The lowest BCUT2D eigenvalue weighted by molar-refractivity contribution is 0.475. The van der Waals surface area contributed by atoms with Crippen molar-refractivity contribution >= 4 is 23.2 Å². The zero-order chi connectivity index (χ0) is 9.14. The largest absolute Gasteiger partial charge is 0.505 e. The molecule has 0 radical (unpaired) electrons. The fourth-order valence-electron chi connectivity index (χ4n) is 0.811. The van der Waals surface area contributed by atoms with Gasteiger partial charge in [0.05, 0.1) is 22.5 Å². The summed E-state index contributed by atoms with van der Waals surface area (Å²) in [6, 6.07) is 5.00. The fourth-order valence-corrected chi connectivity index (χ4v) is 1.34. The number of rotatable bonds is 1. The second-order valence-electron chi connectivity index (χ2n) is 2.24. The molecule has 0 saturated carbocycles. The SMILES string of the molecule is N#CCc1cc(Cl)c(O)c(Cl)c1. The molecule has 0 unspecified atom stereocenters. The summed E-state index contributed by atoms with van der Waals surface area (Å²) in [5.74, 6) is -0.139. The number of hydrogen-bond acceptors (Lipinski definition) is 2. The molecule has 0 aromatic heterocycles. The van der Waals surface area contributed by atoms with Gasteiger partial charge in [-0.25, -0.2) is 0 Å². The molecule has 1 N–H and O–H groups in total. The summed E-state index contributed by atoms with van der Waals surface area (Å²) >= 11 is 11.2. The second kappa shape index (κ2) is 3.66. The highest BCUT2D eigenvalue weighted by Gasteiger charge is 2.05. The normalized spacial score (nSPS) is 9.42. The van der Waals surface area contributed by atoms with Crippen molar-refractivity contribution in [2.75, 3.05) is 0 Å². The van der Waals surface area contributed by atoms with Gasteiger partial charge in [0, 0.05) is 0 Å². The van der Waals surface area contributed by atoms with Crippen LogP contribution in [-0.4, -0.2) is 5.11 Å². The molecule has 4 heteroatoms. The van der Waals surface area contributed by atoms with Crippen LogP contribution in [0.15, 0.2) is 12.1 Å². The van der Waals surface area contributed by atoms with E-state index in [1.165, 1.54) is 12.1 Å². The summed E-state index contributed by atoms with van der Waals surface area (Å²) in [6.45, 7) is 0. The van der Waals surface area contributed by atoms with Crippen molar-refractivity contribution in [2.45, 2.75) is 6.42 Å². The molecular weight excluding hydrogens is 197 g/mol. The van der Waals surface area contributed by atoms with Crippen LogP contribution in [0, 0.1) is 11.3 Å². The van der Waals surface area contributed by atoms with Gasteiger partial charge in [-0.3, -0.25) is 0 Å². The fraction of sp³-hybridized carbons (Fsp3) is 0.125. The number of phenolic OH excluding ortho intramolecular Hbond substituents is 1. The highest BCUT2D eigenvalue weighted by Crippen LogP contribution is 2.32. The number of nitriles is 1. The number of hydrogen-bond donors (Lipinski definition) is 1. The molecule has 0 heterocycles. The van der Waals surface area contributed by atoms with E-state index in [1.54, 1.807) is 0 Å². The first kappa shape index (κ1) is 9.18. The van der Waals surface area contributed by atoms with Crippen molar-refractivity contribution in [1.82, 2.24) is 0 Å². The molecule has 0 aliphatic rings. The minimum Gasteiger partial charge on any atom is -0.505 e. The van der Waals surface area contributed by atoms with Gasteiger partial charge in [-0.05, 0) is 17.7 Å². The molecule has 0 fully saturated rings. The lowest BCUT2D eigenvalue weighted by Gasteiger charge is -2.01. The van der Waals surface area contributed by atoms with Crippen molar-refractivity contribution in [3.05, 3.63) is 27.7 Å². The molecule has 0 amide bonds. The topological polar surface area (TPSA) is 44.0 Å². The molecule has 0 aliphatic carbocycles. The van der Waals surface area contributed by atoms with Crippen molar-refractivity contribution in [3.8, 4) is 11.8 Å². The van der Waals surface area contributed by atoms with Gasteiger partial charge in [0.1, 0.15) is 0 Å². The standard InChI is InChI=1S/C8H5Cl2NO/c9-6-3-5(1-2-11)4-7(10)8(6)12/h3-4,12H,1H2. The first-order valence-electron chi connectivity index (χ1n) is 3.19. The zero-order valence-electron chi connectivity index (χ0n) is 6.01. The van der Waals surface area contributed by atoms with Gasteiger partial charge >= 0.3 is 0 Å². The molecule has 62 valence electrons. The van der Waals surface area contributed by atoms with Gasteiger partial charge < -0.3 is 5.11 Å². The maximum absolute atomic E-state index is 9.15. The minimum atomic E-state index is -0.139. The molecule has 1 aromatic rings. The summed E-state index contributed by atoms with van der Waals surface area (Å²) in [7, 11) is 0. The molecule has 1 rings (SSSR count). The molecule has 0 atom stereocenters. The van der Waals surface area contributed by atoms with E-state index in [2.05, 4.69) is 0 Å². The molecule has 0 bridgehead atoms. The number of aromatic hydroxyl groups is 1. The highest BCUT2D eigenvalue weighted by atomic mass is 35.5. The van der Waals surface area contributed by atoms with Crippen molar-refractivity contribution in [1.29, 1.82) is 5.26 Å². The molecule has 0 saturated heterocycles. The van der Waals surface area contributed by atoms with Gasteiger partial charge in [0.15, 0.2) is 5.75 Å². The van der Waals surface area contributed by atoms with Crippen LogP contribution in [0.2, 0.25) is 10.0 Å². The molecule has 0 spiro atoms. The quantitative estimate of drug-likeness (QED) is 0.760. The zero-order valence-corrected chi connectivity index (χ0v) is 7.52. The Balaban J connectivity index is 3.14. The Labute approximate surface area is 80.0 Å². The number of benzene rings is 1. The maximum Gasteiger partial charge on any atom is 0.152 e. The third-order valence-electron chi connectivity index (χ3n) is 1.36. The van der Waals surface area contributed by atoms with Gasteiger partial charge in [-0.2, -0.15) is 5.26 Å². The van der Waals surface area contributed by atoms with Gasteiger partial charge in [-0.15, -0.1) is 0 Å².